The third kappa shape index (κ3) is 7.19. The topological polar surface area (TPSA) is 118 Å². The van der Waals surface area contributed by atoms with Crippen molar-refractivity contribution in [3.63, 3.8) is 0 Å². The summed E-state index contributed by atoms with van der Waals surface area (Å²) in [5.74, 6) is -1.17. The number of hydrogen-bond acceptors (Lipinski definition) is 5. The molecule has 0 bridgehead atoms. The molecule has 0 saturated carbocycles. The van der Waals surface area contributed by atoms with Crippen molar-refractivity contribution in [1.82, 2.24) is 24.3 Å². The van der Waals surface area contributed by atoms with Gasteiger partial charge in [-0.3, -0.25) is 24.3 Å². The second kappa shape index (κ2) is 13.4. The highest BCUT2D eigenvalue weighted by Gasteiger charge is 2.25. The van der Waals surface area contributed by atoms with Gasteiger partial charge < -0.3 is 25.1 Å². The predicted molar refractivity (Wildman–Crippen MR) is 178 cm³/mol. The van der Waals surface area contributed by atoms with Crippen molar-refractivity contribution in [3.05, 3.63) is 113 Å². The van der Waals surface area contributed by atoms with Gasteiger partial charge in [0.05, 0.1) is 16.9 Å². The van der Waals surface area contributed by atoms with Crippen LogP contribution in [0.4, 0.5) is 11.4 Å². The van der Waals surface area contributed by atoms with E-state index < -0.39 is 5.91 Å². The summed E-state index contributed by atoms with van der Waals surface area (Å²) < 4.78 is 3.26. The number of aromatic nitrogens is 3. The molecule has 0 aliphatic heterocycles. The molecule has 0 unspecified atom stereocenters. The summed E-state index contributed by atoms with van der Waals surface area (Å²) >= 11 is 0. The number of para-hydroxylation sites is 1. The number of pyridine rings is 1. The zero-order valence-corrected chi connectivity index (χ0v) is 25.9. The molecule has 0 atom stereocenters. The first-order valence-electron chi connectivity index (χ1n) is 14.6. The lowest BCUT2D eigenvalue weighted by Gasteiger charge is -2.20. The molecule has 10 nitrogen and oxygen atoms in total. The van der Waals surface area contributed by atoms with E-state index in [1.807, 2.05) is 68.8 Å². The van der Waals surface area contributed by atoms with Gasteiger partial charge in [0.15, 0.2) is 0 Å². The fraction of sp³-hybridized carbons (Fsp3) is 0.200. The van der Waals surface area contributed by atoms with Crippen LogP contribution in [-0.4, -0.2) is 63.9 Å². The Hall–Kier alpha value is -5.48. The number of primary amides is 1. The van der Waals surface area contributed by atoms with Crippen LogP contribution in [0.2, 0.25) is 0 Å². The molecule has 0 spiro atoms. The summed E-state index contributed by atoms with van der Waals surface area (Å²) in [5.41, 5.74) is 10.4. The van der Waals surface area contributed by atoms with Crippen LogP contribution < -0.4 is 16.0 Å². The molecule has 0 radical (unpaired) electrons. The van der Waals surface area contributed by atoms with Crippen molar-refractivity contribution in [3.8, 4) is 0 Å². The first-order valence-corrected chi connectivity index (χ1v) is 14.6. The van der Waals surface area contributed by atoms with Crippen molar-refractivity contribution < 1.29 is 14.4 Å². The quantitative estimate of drug-likeness (QED) is 0.210. The van der Waals surface area contributed by atoms with Gasteiger partial charge in [-0.1, -0.05) is 42.5 Å². The average molecular weight is 604 g/mol. The van der Waals surface area contributed by atoms with Crippen LogP contribution in [0.15, 0.2) is 85.3 Å². The molecule has 2 aromatic carbocycles. The molecule has 0 saturated heterocycles. The minimum Gasteiger partial charge on any atom is -0.364 e. The SMILES string of the molecule is CN(C)CCCNC(=O)c1cc(N(C(=O)c2ccc(/C=C/c3cnc4ccccc4c3)cc2)c2cc(C(N)=O)n(C)c2)cn1C. The second-order valence-corrected chi connectivity index (χ2v) is 11.2. The fourth-order valence-corrected chi connectivity index (χ4v) is 5.12. The number of amides is 3. The number of fused-ring (bicyclic) bond motifs is 1. The number of carbonyl (C=O) groups excluding carboxylic acids is 3. The Morgan fingerprint density at radius 1 is 0.867 bits per heavy atom. The van der Waals surface area contributed by atoms with Crippen LogP contribution in [0.1, 0.15) is 48.9 Å². The van der Waals surface area contributed by atoms with E-state index in [2.05, 4.69) is 21.3 Å². The molecular formula is C35H37N7O3. The summed E-state index contributed by atoms with van der Waals surface area (Å²) in [6.45, 7) is 1.38. The lowest BCUT2D eigenvalue weighted by atomic mass is 10.1. The Labute approximate surface area is 262 Å². The van der Waals surface area contributed by atoms with Gasteiger partial charge >= 0.3 is 0 Å². The number of rotatable bonds is 11. The van der Waals surface area contributed by atoms with E-state index >= 15 is 0 Å². The predicted octanol–water partition coefficient (Wildman–Crippen LogP) is 4.84. The third-order valence-electron chi connectivity index (χ3n) is 7.49. The Balaban J connectivity index is 1.41. The van der Waals surface area contributed by atoms with E-state index in [1.165, 1.54) is 4.90 Å². The third-order valence-corrected chi connectivity index (χ3v) is 7.49. The summed E-state index contributed by atoms with van der Waals surface area (Å²) in [5, 5.41) is 4.01. The first kappa shape index (κ1) is 31.0. The molecule has 5 aromatic rings. The van der Waals surface area contributed by atoms with Crippen molar-refractivity contribution in [1.29, 1.82) is 0 Å². The minimum absolute atomic E-state index is 0.237. The zero-order chi connectivity index (χ0) is 32.1. The molecule has 0 aliphatic carbocycles. The molecule has 3 N–H and O–H groups in total. The average Bonchev–Trinajstić information content (AvgIpc) is 3.60. The Morgan fingerprint density at radius 2 is 1.51 bits per heavy atom. The van der Waals surface area contributed by atoms with Crippen LogP contribution >= 0.6 is 0 Å². The van der Waals surface area contributed by atoms with Crippen molar-refractivity contribution in [2.24, 2.45) is 19.8 Å². The monoisotopic (exact) mass is 603 g/mol. The largest absolute Gasteiger partial charge is 0.364 e. The van der Waals surface area contributed by atoms with Gasteiger partial charge in [0, 0.05) is 50.2 Å². The van der Waals surface area contributed by atoms with Crippen LogP contribution in [-0.2, 0) is 14.1 Å². The molecule has 5 rings (SSSR count). The number of carbonyl (C=O) groups is 3. The van der Waals surface area contributed by atoms with E-state index in [1.54, 1.807) is 59.9 Å². The second-order valence-electron chi connectivity index (χ2n) is 11.2. The normalized spacial score (nSPS) is 11.4. The molecule has 3 aromatic heterocycles. The zero-order valence-electron chi connectivity index (χ0n) is 25.9. The molecule has 230 valence electrons. The smallest absolute Gasteiger partial charge is 0.267 e. The number of nitrogens with one attached hydrogen (secondary N) is 1. The van der Waals surface area contributed by atoms with Gasteiger partial charge in [0.1, 0.15) is 11.4 Å². The van der Waals surface area contributed by atoms with Crippen LogP contribution in [0.25, 0.3) is 23.1 Å². The van der Waals surface area contributed by atoms with Gasteiger partial charge in [0.25, 0.3) is 17.7 Å². The molecular weight excluding hydrogens is 566 g/mol. The lowest BCUT2D eigenvalue weighted by Crippen LogP contribution is -2.28. The Morgan fingerprint density at radius 3 is 2.18 bits per heavy atom. The molecule has 3 heterocycles. The van der Waals surface area contributed by atoms with Gasteiger partial charge in [-0.25, -0.2) is 0 Å². The molecule has 0 fully saturated rings. The number of anilines is 2. The van der Waals surface area contributed by atoms with Crippen molar-refractivity contribution >= 4 is 52.2 Å². The fourth-order valence-electron chi connectivity index (χ4n) is 5.12. The number of aryl methyl sites for hydroxylation is 2. The molecule has 3 amide bonds. The van der Waals surface area contributed by atoms with E-state index in [0.29, 0.717) is 29.2 Å². The molecule has 10 heteroatoms. The van der Waals surface area contributed by atoms with E-state index in [4.69, 9.17) is 5.73 Å². The van der Waals surface area contributed by atoms with Gasteiger partial charge in [0.2, 0.25) is 0 Å². The lowest BCUT2D eigenvalue weighted by molar-refractivity contribution is 0.0941. The maximum absolute atomic E-state index is 14.1. The summed E-state index contributed by atoms with van der Waals surface area (Å²) in [6, 6.07) is 20.5. The van der Waals surface area contributed by atoms with E-state index in [-0.39, 0.29) is 17.5 Å². The Kier molecular flexibility index (Phi) is 9.25. The van der Waals surface area contributed by atoms with Crippen molar-refractivity contribution in [2.75, 3.05) is 32.1 Å². The van der Waals surface area contributed by atoms with Crippen LogP contribution in [0.5, 0.6) is 0 Å². The Bertz CT molecular complexity index is 1880. The number of benzene rings is 2. The molecule has 0 aliphatic rings. The van der Waals surface area contributed by atoms with Gasteiger partial charge in [-0.15, -0.1) is 0 Å². The highest BCUT2D eigenvalue weighted by molar-refractivity contribution is 6.12. The summed E-state index contributed by atoms with van der Waals surface area (Å²) in [4.78, 5) is 47.2. The highest BCUT2D eigenvalue weighted by atomic mass is 16.2. The number of nitrogens with zero attached hydrogens (tertiary/aromatic N) is 5. The van der Waals surface area contributed by atoms with Crippen molar-refractivity contribution in [2.45, 2.75) is 6.42 Å². The number of hydrogen-bond donors (Lipinski definition) is 2. The maximum Gasteiger partial charge on any atom is 0.267 e. The molecule has 45 heavy (non-hydrogen) atoms. The highest BCUT2D eigenvalue weighted by Crippen LogP contribution is 2.31. The standard InChI is InChI=1S/C35H37N7O3/c1-39(2)17-7-16-37-34(44)32-20-29(23-41(32)4)42(28-19-31(33(36)43)40(3)22-28)35(45)26-14-12-24(13-15-26)10-11-25-18-27-8-5-6-9-30(27)38-21-25/h5-6,8-15,18-23H,7,16-17H2,1-4H3,(H2,36,43)(H,37,44)/b11-10+. The van der Waals surface area contributed by atoms with E-state index in [9.17, 15) is 14.4 Å². The number of nitrogens with two attached hydrogens (primary N) is 1. The van der Waals surface area contributed by atoms with Gasteiger partial charge in [-0.2, -0.15) is 0 Å². The van der Waals surface area contributed by atoms with Gasteiger partial charge in [-0.05, 0) is 74.6 Å². The van der Waals surface area contributed by atoms with E-state index in [0.717, 1.165) is 35.0 Å². The minimum atomic E-state index is -0.611. The first-order chi connectivity index (χ1) is 21.6. The maximum atomic E-state index is 14.1. The van der Waals surface area contributed by atoms with Crippen LogP contribution in [0, 0.1) is 0 Å². The summed E-state index contributed by atoms with van der Waals surface area (Å²) in [6.07, 6.45) is 9.97. The van der Waals surface area contributed by atoms with Crippen LogP contribution in [0.3, 0.4) is 0 Å². The summed E-state index contributed by atoms with van der Waals surface area (Å²) in [7, 11) is 7.42.